The van der Waals surface area contributed by atoms with Gasteiger partial charge in [0, 0.05) is 28.7 Å². The summed E-state index contributed by atoms with van der Waals surface area (Å²) >= 11 is 3.31. The van der Waals surface area contributed by atoms with Crippen LogP contribution in [-0.4, -0.2) is 18.0 Å². The number of rotatable bonds is 3. The van der Waals surface area contributed by atoms with Crippen molar-refractivity contribution in [2.75, 3.05) is 0 Å². The van der Waals surface area contributed by atoms with Crippen molar-refractivity contribution in [2.24, 2.45) is 5.92 Å². The maximum atomic E-state index is 13.6. The summed E-state index contributed by atoms with van der Waals surface area (Å²) in [5.41, 5.74) is 0.513. The van der Waals surface area contributed by atoms with Crippen molar-refractivity contribution in [2.45, 2.75) is 37.9 Å². The summed E-state index contributed by atoms with van der Waals surface area (Å²) in [5.74, 6) is -0.192. The van der Waals surface area contributed by atoms with Crippen LogP contribution in [0.25, 0.3) is 0 Å². The smallest absolute Gasteiger partial charge is 0.225 e. The Kier molecular flexibility index (Phi) is 3.58. The van der Waals surface area contributed by atoms with Crippen LogP contribution in [0.4, 0.5) is 4.39 Å². The number of carbonyl (C=O) groups is 1. The van der Waals surface area contributed by atoms with E-state index < -0.39 is 0 Å². The maximum absolute atomic E-state index is 13.6. The van der Waals surface area contributed by atoms with E-state index in [0.717, 1.165) is 17.3 Å². The largest absolute Gasteiger partial charge is 0.352 e. The SMILES string of the molecule is O=C(NCc1cc(Br)ccc1F)C1CC2CCC1N2. The highest BCUT2D eigenvalue weighted by Crippen LogP contribution is 2.33. The van der Waals surface area contributed by atoms with Gasteiger partial charge in [-0.3, -0.25) is 4.79 Å². The number of fused-ring (bicyclic) bond motifs is 2. The first-order valence-corrected chi connectivity index (χ1v) is 7.40. The Balaban J connectivity index is 1.60. The van der Waals surface area contributed by atoms with Crippen LogP contribution in [-0.2, 0) is 11.3 Å². The fourth-order valence-electron chi connectivity index (χ4n) is 3.11. The summed E-state index contributed by atoms with van der Waals surface area (Å²) in [4.78, 5) is 12.1. The van der Waals surface area contributed by atoms with E-state index in [1.165, 1.54) is 12.5 Å². The highest BCUT2D eigenvalue weighted by atomic mass is 79.9. The van der Waals surface area contributed by atoms with Gasteiger partial charge in [0.05, 0.1) is 5.92 Å². The van der Waals surface area contributed by atoms with Crippen molar-refractivity contribution in [3.8, 4) is 0 Å². The van der Waals surface area contributed by atoms with Gasteiger partial charge in [0.25, 0.3) is 0 Å². The minimum Gasteiger partial charge on any atom is -0.352 e. The number of benzene rings is 1. The molecule has 0 saturated carbocycles. The molecule has 3 atom stereocenters. The lowest BCUT2D eigenvalue weighted by molar-refractivity contribution is -0.125. The number of nitrogens with one attached hydrogen (secondary N) is 2. The molecule has 1 aromatic carbocycles. The quantitative estimate of drug-likeness (QED) is 0.895. The lowest BCUT2D eigenvalue weighted by Crippen LogP contribution is -2.37. The summed E-state index contributed by atoms with van der Waals surface area (Å²) in [5, 5.41) is 6.29. The lowest BCUT2D eigenvalue weighted by Gasteiger charge is -2.19. The van der Waals surface area contributed by atoms with Gasteiger partial charge >= 0.3 is 0 Å². The molecular formula is C14H16BrFN2O. The van der Waals surface area contributed by atoms with E-state index in [1.807, 2.05) is 0 Å². The first-order chi connectivity index (χ1) is 9.13. The average Bonchev–Trinajstić information content (AvgIpc) is 3.02. The summed E-state index contributed by atoms with van der Waals surface area (Å²) in [6.45, 7) is 0.248. The summed E-state index contributed by atoms with van der Waals surface area (Å²) in [6.07, 6.45) is 3.17. The first-order valence-electron chi connectivity index (χ1n) is 6.61. The Labute approximate surface area is 120 Å². The van der Waals surface area contributed by atoms with Crippen molar-refractivity contribution in [3.05, 3.63) is 34.1 Å². The van der Waals surface area contributed by atoms with Gasteiger partial charge in [0.15, 0.2) is 0 Å². The molecule has 2 heterocycles. The minimum atomic E-state index is -0.283. The fraction of sp³-hybridized carbons (Fsp3) is 0.500. The zero-order chi connectivity index (χ0) is 13.4. The molecule has 0 spiro atoms. The van der Waals surface area contributed by atoms with Crippen LogP contribution < -0.4 is 10.6 Å². The van der Waals surface area contributed by atoms with Gasteiger partial charge in [-0.05, 0) is 37.5 Å². The summed E-state index contributed by atoms with van der Waals surface area (Å²) in [7, 11) is 0. The second kappa shape index (κ2) is 5.21. The molecule has 1 aromatic rings. The fourth-order valence-corrected chi connectivity index (χ4v) is 3.51. The van der Waals surface area contributed by atoms with Crippen LogP contribution in [0.15, 0.2) is 22.7 Å². The molecule has 102 valence electrons. The van der Waals surface area contributed by atoms with Crippen LogP contribution >= 0.6 is 15.9 Å². The van der Waals surface area contributed by atoms with Crippen LogP contribution in [0, 0.1) is 11.7 Å². The van der Waals surface area contributed by atoms with E-state index in [-0.39, 0.29) is 24.2 Å². The maximum Gasteiger partial charge on any atom is 0.225 e. The molecule has 0 aliphatic carbocycles. The van der Waals surface area contributed by atoms with E-state index in [1.54, 1.807) is 12.1 Å². The second-order valence-corrected chi connectivity index (χ2v) is 6.26. The molecule has 5 heteroatoms. The topological polar surface area (TPSA) is 41.1 Å². The van der Waals surface area contributed by atoms with E-state index in [2.05, 4.69) is 26.6 Å². The Hall–Kier alpha value is -0.940. The molecular weight excluding hydrogens is 311 g/mol. The van der Waals surface area contributed by atoms with Crippen LogP contribution in [0.1, 0.15) is 24.8 Å². The van der Waals surface area contributed by atoms with Gasteiger partial charge in [-0.1, -0.05) is 15.9 Å². The molecule has 2 fully saturated rings. The third-order valence-electron chi connectivity index (χ3n) is 4.10. The van der Waals surface area contributed by atoms with Gasteiger partial charge in [-0.2, -0.15) is 0 Å². The molecule has 19 heavy (non-hydrogen) atoms. The molecule has 2 aliphatic heterocycles. The number of halogens is 2. The third-order valence-corrected chi connectivity index (χ3v) is 4.59. The molecule has 2 aliphatic rings. The molecule has 3 rings (SSSR count). The molecule has 2 N–H and O–H groups in total. The number of amides is 1. The summed E-state index contributed by atoms with van der Waals surface area (Å²) < 4.78 is 14.4. The molecule has 2 bridgehead atoms. The predicted octanol–water partition coefficient (Wildman–Crippen LogP) is 2.34. The standard InChI is InChI=1S/C14H16BrFN2O/c15-9-1-3-12(16)8(5-9)7-17-14(19)11-6-10-2-4-13(11)18-10/h1,3,5,10-11,13,18H,2,4,6-7H2,(H,17,19). The lowest BCUT2D eigenvalue weighted by atomic mass is 9.88. The van der Waals surface area contributed by atoms with E-state index in [0.29, 0.717) is 17.6 Å². The average molecular weight is 327 g/mol. The van der Waals surface area contributed by atoms with Gasteiger partial charge < -0.3 is 10.6 Å². The van der Waals surface area contributed by atoms with E-state index >= 15 is 0 Å². The Bertz CT molecular complexity index is 508. The number of hydrogen-bond donors (Lipinski definition) is 2. The molecule has 0 aromatic heterocycles. The van der Waals surface area contributed by atoms with Crippen molar-refractivity contribution < 1.29 is 9.18 Å². The van der Waals surface area contributed by atoms with Crippen molar-refractivity contribution in [1.82, 2.24) is 10.6 Å². The van der Waals surface area contributed by atoms with Gasteiger partial charge in [0.2, 0.25) is 5.91 Å². The zero-order valence-electron chi connectivity index (χ0n) is 10.5. The Morgan fingerprint density at radius 1 is 1.47 bits per heavy atom. The minimum absolute atomic E-state index is 0.0408. The third kappa shape index (κ3) is 2.67. The van der Waals surface area contributed by atoms with Crippen LogP contribution in [0.3, 0.4) is 0 Å². The molecule has 2 saturated heterocycles. The highest BCUT2D eigenvalue weighted by molar-refractivity contribution is 9.10. The number of hydrogen-bond acceptors (Lipinski definition) is 2. The van der Waals surface area contributed by atoms with Gasteiger partial charge in [-0.15, -0.1) is 0 Å². The van der Waals surface area contributed by atoms with Crippen LogP contribution in [0.5, 0.6) is 0 Å². The Morgan fingerprint density at radius 3 is 3.00 bits per heavy atom. The van der Waals surface area contributed by atoms with Crippen molar-refractivity contribution in [1.29, 1.82) is 0 Å². The monoisotopic (exact) mass is 326 g/mol. The molecule has 0 radical (unpaired) electrons. The van der Waals surface area contributed by atoms with Gasteiger partial charge in [0.1, 0.15) is 5.82 Å². The Morgan fingerprint density at radius 2 is 2.32 bits per heavy atom. The number of carbonyl (C=O) groups excluding carboxylic acids is 1. The first kappa shape index (κ1) is 13.1. The highest BCUT2D eigenvalue weighted by Gasteiger charge is 2.42. The molecule has 1 amide bonds. The van der Waals surface area contributed by atoms with Gasteiger partial charge in [-0.25, -0.2) is 4.39 Å². The van der Waals surface area contributed by atoms with Crippen molar-refractivity contribution >= 4 is 21.8 Å². The van der Waals surface area contributed by atoms with Crippen LogP contribution in [0.2, 0.25) is 0 Å². The van der Waals surface area contributed by atoms with Crippen molar-refractivity contribution in [3.63, 3.8) is 0 Å². The van der Waals surface area contributed by atoms with E-state index in [9.17, 15) is 9.18 Å². The normalized spacial score (nSPS) is 28.6. The predicted molar refractivity (Wildman–Crippen MR) is 74.0 cm³/mol. The molecule has 3 unspecified atom stereocenters. The molecule has 3 nitrogen and oxygen atoms in total. The van der Waals surface area contributed by atoms with E-state index in [4.69, 9.17) is 0 Å². The zero-order valence-corrected chi connectivity index (χ0v) is 12.0. The second-order valence-electron chi connectivity index (χ2n) is 5.34. The summed E-state index contributed by atoms with van der Waals surface area (Å²) in [6, 6.07) is 5.58.